The fourth-order valence-corrected chi connectivity index (χ4v) is 3.01. The highest BCUT2D eigenvalue weighted by atomic mass is 16.5. The van der Waals surface area contributed by atoms with Crippen molar-refractivity contribution in [1.82, 2.24) is 19.5 Å². The fourth-order valence-electron chi connectivity index (χ4n) is 3.01. The van der Waals surface area contributed by atoms with E-state index in [-0.39, 0.29) is 6.23 Å². The van der Waals surface area contributed by atoms with Gasteiger partial charge in [-0.1, -0.05) is 6.92 Å². The number of carboxylic acid groups (broad SMARTS) is 1. The van der Waals surface area contributed by atoms with Gasteiger partial charge in [-0.2, -0.15) is 0 Å². The fraction of sp³-hybridized carbons (Fsp3) is 0.600. The van der Waals surface area contributed by atoms with E-state index in [0.29, 0.717) is 23.4 Å². The number of nitrogens with zero attached hydrogens (tertiary/aromatic N) is 5. The Morgan fingerprint density at radius 1 is 1.48 bits per heavy atom. The lowest BCUT2D eigenvalue weighted by atomic mass is 10.2. The average Bonchev–Trinajstić information content (AvgIpc) is 2.99. The molecule has 2 atom stereocenters. The summed E-state index contributed by atoms with van der Waals surface area (Å²) >= 11 is 0. The number of rotatable bonds is 5. The molecule has 8 heteroatoms. The van der Waals surface area contributed by atoms with Crippen molar-refractivity contribution < 1.29 is 14.6 Å². The van der Waals surface area contributed by atoms with Crippen LogP contribution in [0.1, 0.15) is 38.8 Å². The van der Waals surface area contributed by atoms with Gasteiger partial charge in [0.25, 0.3) is 0 Å². The van der Waals surface area contributed by atoms with Crippen molar-refractivity contribution in [3.05, 3.63) is 12.7 Å². The molecule has 2 unspecified atom stereocenters. The van der Waals surface area contributed by atoms with Gasteiger partial charge in [0.05, 0.1) is 6.33 Å². The first-order valence-electron chi connectivity index (χ1n) is 7.88. The van der Waals surface area contributed by atoms with Crippen molar-refractivity contribution in [2.45, 2.75) is 44.9 Å². The van der Waals surface area contributed by atoms with Crippen LogP contribution in [-0.2, 0) is 9.53 Å². The molecule has 0 amide bonds. The summed E-state index contributed by atoms with van der Waals surface area (Å²) < 4.78 is 7.70. The number of anilines is 1. The van der Waals surface area contributed by atoms with Crippen LogP contribution in [0.25, 0.3) is 11.2 Å². The van der Waals surface area contributed by atoms with Gasteiger partial charge in [0.2, 0.25) is 0 Å². The predicted octanol–water partition coefficient (Wildman–Crippen LogP) is 1.82. The van der Waals surface area contributed by atoms with E-state index in [2.05, 4.69) is 15.0 Å². The molecule has 1 aliphatic heterocycles. The minimum absolute atomic E-state index is 0.0664. The zero-order valence-corrected chi connectivity index (χ0v) is 13.3. The number of likely N-dealkylation sites (N-methyl/N-ethyl adjacent to an activating group) is 1. The molecule has 3 rings (SSSR count). The standard InChI is InChI=1S/C15H21N5O3/c1-3-10(15(21)22)19(2)13-12-14(17-8-16-13)20(9-18-12)11-6-4-5-7-23-11/h8-11H,3-7H2,1-2H3,(H,21,22). The van der Waals surface area contributed by atoms with Crippen LogP contribution in [0.2, 0.25) is 0 Å². The van der Waals surface area contributed by atoms with Crippen LogP contribution in [-0.4, -0.2) is 50.3 Å². The molecule has 2 aromatic heterocycles. The van der Waals surface area contributed by atoms with Crippen LogP contribution in [0.15, 0.2) is 12.7 Å². The Morgan fingerprint density at radius 2 is 2.30 bits per heavy atom. The second-order valence-electron chi connectivity index (χ2n) is 5.72. The molecule has 0 saturated carbocycles. The first kappa shape index (κ1) is 15.7. The number of fused-ring (bicyclic) bond motifs is 1. The van der Waals surface area contributed by atoms with E-state index in [1.165, 1.54) is 6.33 Å². The largest absolute Gasteiger partial charge is 0.480 e. The number of imidazole rings is 1. The summed E-state index contributed by atoms with van der Waals surface area (Å²) in [5.41, 5.74) is 1.28. The van der Waals surface area contributed by atoms with Gasteiger partial charge in [-0.25, -0.2) is 19.7 Å². The third-order valence-corrected chi connectivity index (χ3v) is 4.28. The van der Waals surface area contributed by atoms with Crippen LogP contribution in [0.5, 0.6) is 0 Å². The molecule has 2 aromatic rings. The molecule has 3 heterocycles. The second-order valence-corrected chi connectivity index (χ2v) is 5.72. The van der Waals surface area contributed by atoms with Gasteiger partial charge in [0, 0.05) is 13.7 Å². The number of ether oxygens (including phenoxy) is 1. The number of carbonyl (C=O) groups is 1. The first-order chi connectivity index (χ1) is 11.1. The third-order valence-electron chi connectivity index (χ3n) is 4.28. The molecule has 1 N–H and O–H groups in total. The number of carboxylic acids is 1. The summed E-state index contributed by atoms with van der Waals surface area (Å²) in [6.07, 6.45) is 6.67. The highest BCUT2D eigenvalue weighted by Gasteiger charge is 2.26. The van der Waals surface area contributed by atoms with E-state index in [9.17, 15) is 9.90 Å². The van der Waals surface area contributed by atoms with Crippen molar-refractivity contribution >= 4 is 23.0 Å². The van der Waals surface area contributed by atoms with Gasteiger partial charge in [-0.3, -0.25) is 4.57 Å². The van der Waals surface area contributed by atoms with E-state index in [0.717, 1.165) is 25.9 Å². The summed E-state index contributed by atoms with van der Waals surface area (Å²) in [4.78, 5) is 26.0. The maximum absolute atomic E-state index is 11.4. The zero-order valence-electron chi connectivity index (χ0n) is 13.3. The Morgan fingerprint density at radius 3 is 2.96 bits per heavy atom. The zero-order chi connectivity index (χ0) is 16.4. The number of aromatic nitrogens is 4. The SMILES string of the molecule is CCC(C(=O)O)N(C)c1ncnc2c1ncn2C1CCCCO1. The van der Waals surface area contributed by atoms with Crippen molar-refractivity contribution in [2.24, 2.45) is 0 Å². The molecule has 1 saturated heterocycles. The predicted molar refractivity (Wildman–Crippen MR) is 84.3 cm³/mol. The number of hydrogen-bond acceptors (Lipinski definition) is 6. The summed E-state index contributed by atoms with van der Waals surface area (Å²) in [5, 5.41) is 9.36. The summed E-state index contributed by atoms with van der Waals surface area (Å²) in [7, 11) is 1.72. The maximum Gasteiger partial charge on any atom is 0.326 e. The summed E-state index contributed by atoms with van der Waals surface area (Å²) in [6, 6.07) is -0.649. The summed E-state index contributed by atoms with van der Waals surface area (Å²) in [6.45, 7) is 2.57. The average molecular weight is 319 g/mol. The lowest BCUT2D eigenvalue weighted by Gasteiger charge is -2.25. The monoisotopic (exact) mass is 319 g/mol. The lowest BCUT2D eigenvalue weighted by molar-refractivity contribution is -0.138. The van der Waals surface area contributed by atoms with Gasteiger partial charge in [-0.15, -0.1) is 0 Å². The Balaban J connectivity index is 1.99. The molecular formula is C15H21N5O3. The van der Waals surface area contributed by atoms with Crippen LogP contribution in [0.3, 0.4) is 0 Å². The highest BCUT2D eigenvalue weighted by Crippen LogP contribution is 2.28. The second kappa shape index (κ2) is 6.49. The van der Waals surface area contributed by atoms with E-state index >= 15 is 0 Å². The van der Waals surface area contributed by atoms with Gasteiger partial charge < -0.3 is 14.7 Å². The van der Waals surface area contributed by atoms with E-state index in [1.807, 2.05) is 11.5 Å². The van der Waals surface area contributed by atoms with E-state index < -0.39 is 12.0 Å². The number of aliphatic carboxylic acids is 1. The van der Waals surface area contributed by atoms with Crippen LogP contribution < -0.4 is 4.90 Å². The van der Waals surface area contributed by atoms with Gasteiger partial charge in [0.1, 0.15) is 18.6 Å². The van der Waals surface area contributed by atoms with Crippen molar-refractivity contribution in [1.29, 1.82) is 0 Å². The van der Waals surface area contributed by atoms with Crippen LogP contribution in [0.4, 0.5) is 5.82 Å². The molecular weight excluding hydrogens is 298 g/mol. The Labute approximate surface area is 134 Å². The van der Waals surface area contributed by atoms with Gasteiger partial charge >= 0.3 is 5.97 Å². The quantitative estimate of drug-likeness (QED) is 0.898. The van der Waals surface area contributed by atoms with Crippen LogP contribution >= 0.6 is 0 Å². The normalized spacial score (nSPS) is 19.7. The molecule has 0 bridgehead atoms. The van der Waals surface area contributed by atoms with E-state index in [1.54, 1.807) is 18.3 Å². The molecule has 124 valence electrons. The topological polar surface area (TPSA) is 93.4 Å². The Hall–Kier alpha value is -2.22. The lowest BCUT2D eigenvalue weighted by Crippen LogP contribution is -2.38. The number of hydrogen-bond donors (Lipinski definition) is 1. The van der Waals surface area contributed by atoms with Crippen molar-refractivity contribution in [2.75, 3.05) is 18.6 Å². The smallest absolute Gasteiger partial charge is 0.326 e. The van der Waals surface area contributed by atoms with Gasteiger partial charge in [0.15, 0.2) is 17.0 Å². The molecule has 0 aliphatic carbocycles. The van der Waals surface area contributed by atoms with Crippen LogP contribution in [0, 0.1) is 0 Å². The minimum Gasteiger partial charge on any atom is -0.480 e. The maximum atomic E-state index is 11.4. The molecule has 1 fully saturated rings. The molecule has 0 radical (unpaired) electrons. The van der Waals surface area contributed by atoms with E-state index in [4.69, 9.17) is 4.74 Å². The van der Waals surface area contributed by atoms with Crippen molar-refractivity contribution in [3.63, 3.8) is 0 Å². The van der Waals surface area contributed by atoms with Crippen molar-refractivity contribution in [3.8, 4) is 0 Å². The van der Waals surface area contributed by atoms with Gasteiger partial charge in [-0.05, 0) is 25.7 Å². The molecule has 23 heavy (non-hydrogen) atoms. The Bertz CT molecular complexity index is 695. The molecule has 8 nitrogen and oxygen atoms in total. The minimum atomic E-state index is -0.878. The molecule has 0 aromatic carbocycles. The summed E-state index contributed by atoms with van der Waals surface area (Å²) in [5.74, 6) is -0.351. The Kier molecular flexibility index (Phi) is 4.42. The highest BCUT2D eigenvalue weighted by molar-refractivity contribution is 5.86. The molecule has 1 aliphatic rings. The third kappa shape index (κ3) is 2.86. The first-order valence-corrected chi connectivity index (χ1v) is 7.88. The molecule has 0 spiro atoms.